The van der Waals surface area contributed by atoms with E-state index in [4.69, 9.17) is 5.73 Å². The number of benzene rings is 1. The number of aromatic nitrogens is 3. The number of Topliss-reactive ketones (excluding diaryl/α,β-unsaturated/α-hetero) is 1. The van der Waals surface area contributed by atoms with Gasteiger partial charge in [-0.15, -0.1) is 0 Å². The molecule has 0 radical (unpaired) electrons. The zero-order chi connectivity index (χ0) is 19.2. The van der Waals surface area contributed by atoms with Gasteiger partial charge in [0.25, 0.3) is 0 Å². The first-order chi connectivity index (χ1) is 12.9. The van der Waals surface area contributed by atoms with Crippen LogP contribution in [0.15, 0.2) is 59.3 Å². The molecule has 7 heteroatoms. The van der Waals surface area contributed by atoms with Crippen LogP contribution in [-0.2, 0) is 4.79 Å². The summed E-state index contributed by atoms with van der Waals surface area (Å²) in [5, 5.41) is 16.6. The third-order valence-corrected chi connectivity index (χ3v) is 5.13. The van der Waals surface area contributed by atoms with Crippen molar-refractivity contribution in [1.82, 2.24) is 15.2 Å². The number of nitrogens with one attached hydrogen (secondary N) is 1. The number of aromatic amines is 1. The van der Waals surface area contributed by atoms with E-state index in [9.17, 15) is 10.1 Å². The zero-order valence-electron chi connectivity index (χ0n) is 15.2. The molecule has 3 N–H and O–H groups in total. The summed E-state index contributed by atoms with van der Waals surface area (Å²) in [5.41, 5.74) is 8.89. The van der Waals surface area contributed by atoms with Gasteiger partial charge in [-0.05, 0) is 17.4 Å². The molecule has 0 saturated heterocycles. The minimum Gasteiger partial charge on any atom is -0.384 e. The van der Waals surface area contributed by atoms with Gasteiger partial charge in [0, 0.05) is 17.7 Å². The Morgan fingerprint density at radius 2 is 2.04 bits per heavy atom. The molecule has 136 valence electrons. The van der Waals surface area contributed by atoms with Crippen molar-refractivity contribution < 1.29 is 4.79 Å². The first kappa shape index (κ1) is 17.0. The number of nitriles is 1. The van der Waals surface area contributed by atoms with E-state index in [-0.39, 0.29) is 17.0 Å². The summed E-state index contributed by atoms with van der Waals surface area (Å²) < 4.78 is 0. The van der Waals surface area contributed by atoms with Crippen molar-refractivity contribution >= 4 is 11.7 Å². The van der Waals surface area contributed by atoms with Crippen LogP contribution in [0.25, 0.3) is 0 Å². The lowest BCUT2D eigenvalue weighted by atomic mass is 9.68. The van der Waals surface area contributed by atoms with Crippen LogP contribution in [0.4, 0.5) is 5.95 Å². The van der Waals surface area contributed by atoms with Gasteiger partial charge in [0.2, 0.25) is 5.95 Å². The number of H-pyrrole nitrogens is 1. The topological polar surface area (TPSA) is 112 Å². The highest BCUT2D eigenvalue weighted by Crippen LogP contribution is 2.49. The van der Waals surface area contributed by atoms with Crippen LogP contribution >= 0.6 is 0 Å². The second kappa shape index (κ2) is 6.09. The van der Waals surface area contributed by atoms with E-state index in [2.05, 4.69) is 35.1 Å². The van der Waals surface area contributed by atoms with E-state index < -0.39 is 5.92 Å². The van der Waals surface area contributed by atoms with Crippen LogP contribution in [-0.4, -0.2) is 21.0 Å². The fourth-order valence-electron chi connectivity index (χ4n) is 4.04. The number of nitrogens with zero attached hydrogens (tertiary/aromatic N) is 4. The number of hydrogen-bond donors (Lipinski definition) is 2. The maximum Gasteiger partial charge on any atom is 0.231 e. The predicted molar refractivity (Wildman–Crippen MR) is 99.9 cm³/mol. The Hall–Kier alpha value is -3.40. The van der Waals surface area contributed by atoms with Crippen molar-refractivity contribution in [2.45, 2.75) is 32.6 Å². The summed E-state index contributed by atoms with van der Waals surface area (Å²) in [6.45, 7) is 4.12. The zero-order valence-corrected chi connectivity index (χ0v) is 15.2. The van der Waals surface area contributed by atoms with Crippen molar-refractivity contribution in [2.24, 2.45) is 11.1 Å². The molecule has 1 atom stereocenters. The highest BCUT2D eigenvalue weighted by Gasteiger charge is 2.45. The van der Waals surface area contributed by atoms with Crippen molar-refractivity contribution in [3.8, 4) is 6.07 Å². The summed E-state index contributed by atoms with van der Waals surface area (Å²) in [6.07, 6.45) is 2.46. The SMILES string of the molecule is CC1(C)CC(=O)C2=C(C1)N(c1ncn[nH]1)C(N)=C(C#N)C2c1ccccc1. The number of carbonyl (C=O) groups excluding carboxylic acids is 1. The average molecular weight is 360 g/mol. The average Bonchev–Trinajstić information content (AvgIpc) is 3.14. The van der Waals surface area contributed by atoms with Crippen molar-refractivity contribution in [1.29, 1.82) is 5.26 Å². The van der Waals surface area contributed by atoms with Crippen LogP contribution in [0.3, 0.4) is 0 Å². The molecule has 0 amide bonds. The summed E-state index contributed by atoms with van der Waals surface area (Å²) in [6, 6.07) is 11.8. The van der Waals surface area contributed by atoms with Gasteiger partial charge in [-0.3, -0.25) is 9.69 Å². The molecule has 2 heterocycles. The van der Waals surface area contributed by atoms with Crippen LogP contribution in [0, 0.1) is 16.7 Å². The number of rotatable bonds is 2. The molecule has 1 aromatic heterocycles. The lowest BCUT2D eigenvalue weighted by molar-refractivity contribution is -0.118. The highest BCUT2D eigenvalue weighted by molar-refractivity contribution is 6.01. The molecule has 1 aromatic carbocycles. The second-order valence-electron chi connectivity index (χ2n) is 7.70. The van der Waals surface area contributed by atoms with Crippen LogP contribution in [0.5, 0.6) is 0 Å². The largest absolute Gasteiger partial charge is 0.384 e. The number of carbonyl (C=O) groups is 1. The van der Waals surface area contributed by atoms with Gasteiger partial charge < -0.3 is 5.73 Å². The molecule has 0 saturated carbocycles. The third kappa shape index (κ3) is 2.70. The Balaban J connectivity index is 2.00. The first-order valence-electron chi connectivity index (χ1n) is 8.79. The van der Waals surface area contributed by atoms with Gasteiger partial charge in [-0.25, -0.2) is 5.10 Å². The van der Waals surface area contributed by atoms with Crippen molar-refractivity contribution in [3.05, 3.63) is 64.9 Å². The third-order valence-electron chi connectivity index (χ3n) is 5.13. The molecule has 7 nitrogen and oxygen atoms in total. The minimum atomic E-state index is -0.464. The molecule has 0 fully saturated rings. The standard InChI is InChI=1S/C20H20N6O/c1-20(2)8-14-17(15(27)9-20)16(12-6-4-3-5-7-12)13(10-21)18(22)26(14)19-23-11-24-25-19/h3-7,11,16H,8-9,22H2,1-2H3,(H,23,24,25). The Bertz CT molecular complexity index is 995. The molecule has 0 bridgehead atoms. The van der Waals surface area contributed by atoms with Gasteiger partial charge >= 0.3 is 0 Å². The Labute approximate surface area is 157 Å². The van der Waals surface area contributed by atoms with Gasteiger partial charge in [-0.2, -0.15) is 15.3 Å². The summed E-state index contributed by atoms with van der Waals surface area (Å²) in [5.74, 6) is 0.269. The van der Waals surface area contributed by atoms with Gasteiger partial charge in [0.1, 0.15) is 12.1 Å². The number of allylic oxidation sites excluding steroid dienone is 3. The quantitative estimate of drug-likeness (QED) is 0.852. The number of anilines is 1. The lowest BCUT2D eigenvalue weighted by Crippen LogP contribution is -2.42. The predicted octanol–water partition coefficient (Wildman–Crippen LogP) is 2.75. The Morgan fingerprint density at radius 3 is 2.67 bits per heavy atom. The summed E-state index contributed by atoms with van der Waals surface area (Å²) >= 11 is 0. The van der Waals surface area contributed by atoms with Crippen LogP contribution in [0.2, 0.25) is 0 Å². The molecule has 0 spiro atoms. The summed E-state index contributed by atoms with van der Waals surface area (Å²) in [7, 11) is 0. The molecule has 1 aliphatic carbocycles. The lowest BCUT2D eigenvalue weighted by Gasteiger charge is -2.42. The van der Waals surface area contributed by atoms with E-state index in [0.29, 0.717) is 29.9 Å². The highest BCUT2D eigenvalue weighted by atomic mass is 16.1. The summed E-state index contributed by atoms with van der Waals surface area (Å²) in [4.78, 5) is 19.1. The van der Waals surface area contributed by atoms with Gasteiger partial charge in [0.15, 0.2) is 5.78 Å². The van der Waals surface area contributed by atoms with E-state index in [1.54, 1.807) is 4.90 Å². The molecular weight excluding hydrogens is 340 g/mol. The Morgan fingerprint density at radius 1 is 1.30 bits per heavy atom. The first-order valence-corrected chi connectivity index (χ1v) is 8.79. The monoisotopic (exact) mass is 360 g/mol. The fourth-order valence-corrected chi connectivity index (χ4v) is 4.04. The second-order valence-corrected chi connectivity index (χ2v) is 7.70. The molecule has 2 aliphatic rings. The number of nitrogens with two attached hydrogens (primary N) is 1. The molecule has 2 aromatic rings. The maximum absolute atomic E-state index is 13.2. The molecule has 1 aliphatic heterocycles. The minimum absolute atomic E-state index is 0.0415. The van der Waals surface area contributed by atoms with E-state index >= 15 is 0 Å². The fraction of sp³-hybridized carbons (Fsp3) is 0.300. The number of hydrogen-bond acceptors (Lipinski definition) is 6. The van der Waals surface area contributed by atoms with Gasteiger partial charge in [0.05, 0.1) is 17.6 Å². The van der Waals surface area contributed by atoms with Gasteiger partial charge in [-0.1, -0.05) is 44.2 Å². The molecule has 4 rings (SSSR count). The maximum atomic E-state index is 13.2. The number of ketones is 1. The van der Waals surface area contributed by atoms with E-state index in [1.807, 2.05) is 30.3 Å². The molecule has 27 heavy (non-hydrogen) atoms. The van der Waals surface area contributed by atoms with Crippen molar-refractivity contribution in [2.75, 3.05) is 4.90 Å². The normalized spacial score (nSPS) is 21.9. The van der Waals surface area contributed by atoms with E-state index in [1.165, 1.54) is 6.33 Å². The smallest absolute Gasteiger partial charge is 0.231 e. The molecule has 1 unspecified atom stereocenters. The van der Waals surface area contributed by atoms with E-state index in [0.717, 1.165) is 11.3 Å². The van der Waals surface area contributed by atoms with Crippen LogP contribution in [0.1, 0.15) is 38.2 Å². The Kier molecular flexibility index (Phi) is 3.84. The molecular formula is C20H20N6O. The van der Waals surface area contributed by atoms with Crippen LogP contribution < -0.4 is 10.6 Å². The van der Waals surface area contributed by atoms with Crippen molar-refractivity contribution in [3.63, 3.8) is 0 Å².